The van der Waals surface area contributed by atoms with Gasteiger partial charge in [0.2, 0.25) is 0 Å². The number of hydrogen-bond donors (Lipinski definition) is 1. The minimum atomic E-state index is -0.321. The lowest BCUT2D eigenvalue weighted by molar-refractivity contribution is 0.246. The fraction of sp³-hybridized carbons (Fsp3) is 0.500. The van der Waals surface area contributed by atoms with Crippen LogP contribution >= 0.6 is 15.9 Å². The minimum absolute atomic E-state index is 0.303. The van der Waals surface area contributed by atoms with Gasteiger partial charge in [0, 0.05) is 16.9 Å². The van der Waals surface area contributed by atoms with Crippen molar-refractivity contribution in [1.82, 2.24) is 5.32 Å². The lowest BCUT2D eigenvalue weighted by Crippen LogP contribution is -2.24. The van der Waals surface area contributed by atoms with Crippen molar-refractivity contribution in [3.8, 4) is 5.75 Å². The summed E-state index contributed by atoms with van der Waals surface area (Å²) in [5.74, 6) is 0.343. The molecule has 0 spiro atoms. The lowest BCUT2D eigenvalue weighted by Gasteiger charge is -2.13. The number of ether oxygens (including phenoxy) is 1. The van der Waals surface area contributed by atoms with E-state index >= 15 is 0 Å². The molecule has 1 rings (SSSR count). The number of halogens is 2. The van der Waals surface area contributed by atoms with Crippen LogP contribution in [-0.2, 0) is 0 Å². The molecular formula is C12H17BrFNO. The summed E-state index contributed by atoms with van der Waals surface area (Å²) in [7, 11) is 0. The monoisotopic (exact) mass is 289 g/mol. The second-order valence-electron chi connectivity index (χ2n) is 3.80. The molecule has 0 aliphatic heterocycles. The largest absolute Gasteiger partial charge is 0.490 e. The highest BCUT2D eigenvalue weighted by Gasteiger charge is 2.07. The van der Waals surface area contributed by atoms with Crippen molar-refractivity contribution in [2.75, 3.05) is 19.7 Å². The van der Waals surface area contributed by atoms with E-state index in [1.165, 1.54) is 6.07 Å². The van der Waals surface area contributed by atoms with E-state index in [1.807, 2.05) is 0 Å². The van der Waals surface area contributed by atoms with Gasteiger partial charge in [-0.3, -0.25) is 0 Å². The van der Waals surface area contributed by atoms with Gasteiger partial charge < -0.3 is 10.1 Å². The summed E-state index contributed by atoms with van der Waals surface area (Å²) in [5.41, 5.74) is 0. The van der Waals surface area contributed by atoms with E-state index in [2.05, 4.69) is 35.1 Å². The van der Waals surface area contributed by atoms with Crippen molar-refractivity contribution in [3.05, 3.63) is 28.5 Å². The third-order valence-electron chi connectivity index (χ3n) is 2.16. The average molecular weight is 290 g/mol. The predicted molar refractivity (Wildman–Crippen MR) is 67.3 cm³/mol. The molecule has 2 nitrogen and oxygen atoms in total. The smallest absolute Gasteiger partial charge is 0.165 e. The van der Waals surface area contributed by atoms with Crippen LogP contribution in [0.25, 0.3) is 0 Å². The van der Waals surface area contributed by atoms with Crippen LogP contribution in [0.15, 0.2) is 22.7 Å². The van der Waals surface area contributed by atoms with E-state index in [-0.39, 0.29) is 5.82 Å². The maximum absolute atomic E-state index is 13.3. The van der Waals surface area contributed by atoms with Crippen LogP contribution in [0.2, 0.25) is 0 Å². The molecule has 0 bridgehead atoms. The molecule has 0 fully saturated rings. The maximum atomic E-state index is 13.3. The van der Waals surface area contributed by atoms with Crippen LogP contribution < -0.4 is 10.1 Å². The van der Waals surface area contributed by atoms with Gasteiger partial charge in [0.1, 0.15) is 0 Å². The number of benzene rings is 1. The van der Waals surface area contributed by atoms with Gasteiger partial charge in [-0.05, 0) is 24.7 Å². The Kier molecular flexibility index (Phi) is 5.77. The first-order valence-corrected chi connectivity index (χ1v) is 6.21. The van der Waals surface area contributed by atoms with Gasteiger partial charge in [-0.15, -0.1) is 0 Å². The highest BCUT2D eigenvalue weighted by Crippen LogP contribution is 2.22. The molecule has 1 unspecified atom stereocenters. The van der Waals surface area contributed by atoms with Crippen molar-refractivity contribution in [2.45, 2.75) is 13.8 Å². The maximum Gasteiger partial charge on any atom is 0.165 e. The fourth-order valence-electron chi connectivity index (χ4n) is 1.27. The zero-order valence-electron chi connectivity index (χ0n) is 9.59. The number of rotatable bonds is 6. The Hall–Kier alpha value is -0.610. The van der Waals surface area contributed by atoms with Crippen LogP contribution in [0, 0.1) is 11.7 Å². The molecule has 16 heavy (non-hydrogen) atoms. The van der Waals surface area contributed by atoms with Gasteiger partial charge in [-0.1, -0.05) is 29.8 Å². The molecule has 0 saturated heterocycles. The van der Waals surface area contributed by atoms with Gasteiger partial charge in [0.15, 0.2) is 11.6 Å². The molecule has 1 atom stereocenters. The van der Waals surface area contributed by atoms with E-state index in [1.54, 1.807) is 12.1 Å². The summed E-state index contributed by atoms with van der Waals surface area (Å²) < 4.78 is 19.6. The summed E-state index contributed by atoms with van der Waals surface area (Å²) >= 11 is 3.29. The van der Waals surface area contributed by atoms with Crippen molar-refractivity contribution in [1.29, 1.82) is 0 Å². The highest BCUT2D eigenvalue weighted by molar-refractivity contribution is 9.10. The topological polar surface area (TPSA) is 21.3 Å². The van der Waals surface area contributed by atoms with Gasteiger partial charge in [-0.25, -0.2) is 4.39 Å². The van der Waals surface area contributed by atoms with Crippen molar-refractivity contribution in [2.24, 2.45) is 5.92 Å². The van der Waals surface area contributed by atoms with E-state index in [0.717, 1.165) is 17.6 Å². The Balaban J connectivity index is 2.44. The van der Waals surface area contributed by atoms with E-state index in [9.17, 15) is 4.39 Å². The van der Waals surface area contributed by atoms with Gasteiger partial charge >= 0.3 is 0 Å². The molecule has 1 N–H and O–H groups in total. The summed E-state index contributed by atoms with van der Waals surface area (Å²) in [4.78, 5) is 0. The molecule has 0 saturated carbocycles. The molecule has 0 aliphatic rings. The molecule has 0 amide bonds. The Morgan fingerprint density at radius 1 is 1.50 bits per heavy atom. The first-order chi connectivity index (χ1) is 7.63. The van der Waals surface area contributed by atoms with Crippen LogP contribution in [0.5, 0.6) is 5.75 Å². The SMILES string of the molecule is CCNCC(C)COc1cc(Br)ccc1F. The van der Waals surface area contributed by atoms with Crippen molar-refractivity contribution in [3.63, 3.8) is 0 Å². The third kappa shape index (κ3) is 4.49. The highest BCUT2D eigenvalue weighted by atomic mass is 79.9. The van der Waals surface area contributed by atoms with Gasteiger partial charge in [0.25, 0.3) is 0 Å². The summed E-state index contributed by atoms with van der Waals surface area (Å²) in [5, 5.41) is 3.23. The average Bonchev–Trinajstić information content (AvgIpc) is 2.27. The number of hydrogen-bond acceptors (Lipinski definition) is 2. The molecule has 0 aromatic heterocycles. The second kappa shape index (κ2) is 6.86. The first kappa shape index (κ1) is 13.5. The Morgan fingerprint density at radius 2 is 2.25 bits per heavy atom. The molecular weight excluding hydrogens is 273 g/mol. The Bertz CT molecular complexity index is 333. The third-order valence-corrected chi connectivity index (χ3v) is 2.65. The summed E-state index contributed by atoms with van der Waals surface area (Å²) in [6.07, 6.45) is 0. The van der Waals surface area contributed by atoms with E-state index < -0.39 is 0 Å². The van der Waals surface area contributed by atoms with Crippen LogP contribution in [0.4, 0.5) is 4.39 Å². The molecule has 0 heterocycles. The van der Waals surface area contributed by atoms with Crippen LogP contribution in [-0.4, -0.2) is 19.7 Å². The summed E-state index contributed by atoms with van der Waals surface area (Å²) in [6, 6.07) is 4.70. The quantitative estimate of drug-likeness (QED) is 0.868. The number of nitrogens with one attached hydrogen (secondary N) is 1. The second-order valence-corrected chi connectivity index (χ2v) is 4.71. The van der Waals surface area contributed by atoms with Crippen molar-refractivity contribution >= 4 is 15.9 Å². The zero-order chi connectivity index (χ0) is 12.0. The molecule has 1 aromatic rings. The molecule has 90 valence electrons. The standard InChI is InChI=1S/C12H17BrFNO/c1-3-15-7-9(2)8-16-12-6-10(13)4-5-11(12)14/h4-6,9,15H,3,7-8H2,1-2H3. The fourth-order valence-corrected chi connectivity index (χ4v) is 1.61. The Labute approximate surface area is 104 Å². The van der Waals surface area contributed by atoms with E-state index in [0.29, 0.717) is 18.3 Å². The molecule has 1 aromatic carbocycles. The van der Waals surface area contributed by atoms with Gasteiger partial charge in [-0.2, -0.15) is 0 Å². The summed E-state index contributed by atoms with van der Waals surface area (Å²) in [6.45, 7) is 6.46. The van der Waals surface area contributed by atoms with Gasteiger partial charge in [0.05, 0.1) is 6.61 Å². The normalized spacial score (nSPS) is 12.5. The van der Waals surface area contributed by atoms with Crippen molar-refractivity contribution < 1.29 is 9.13 Å². The predicted octanol–water partition coefficient (Wildman–Crippen LogP) is 3.21. The van der Waals surface area contributed by atoms with Crippen LogP contribution in [0.3, 0.4) is 0 Å². The lowest BCUT2D eigenvalue weighted by atomic mass is 10.2. The zero-order valence-corrected chi connectivity index (χ0v) is 11.2. The molecule has 0 aliphatic carbocycles. The first-order valence-electron chi connectivity index (χ1n) is 5.42. The molecule has 4 heteroatoms. The van der Waals surface area contributed by atoms with E-state index in [4.69, 9.17) is 4.74 Å². The molecule has 0 radical (unpaired) electrons. The Morgan fingerprint density at radius 3 is 2.94 bits per heavy atom. The van der Waals surface area contributed by atoms with Crippen LogP contribution in [0.1, 0.15) is 13.8 Å². The minimum Gasteiger partial charge on any atom is -0.490 e.